The fourth-order valence-corrected chi connectivity index (χ4v) is 8.84. The summed E-state index contributed by atoms with van der Waals surface area (Å²) in [6.07, 6.45) is -6.30. The van der Waals surface area contributed by atoms with E-state index in [0.29, 0.717) is 0 Å². The number of nitrogens with zero attached hydrogens (tertiary/aromatic N) is 1. The average Bonchev–Trinajstić information content (AvgIpc) is 3.39. The second-order valence-electron chi connectivity index (χ2n) is 16.1. The summed E-state index contributed by atoms with van der Waals surface area (Å²) in [6.45, 7) is 0.880. The molecule has 374 valence electrons. The number of fused-ring (bicyclic) bond motifs is 2. The van der Waals surface area contributed by atoms with E-state index in [2.05, 4.69) is 114 Å². The Bertz CT molecular complexity index is 3320. The van der Waals surface area contributed by atoms with Gasteiger partial charge in [0.1, 0.15) is 52.7 Å². The number of halogens is 20. The predicted octanol–water partition coefficient (Wildman–Crippen LogP) is 11.8. The van der Waals surface area contributed by atoms with Crippen LogP contribution in [0.25, 0.3) is 21.7 Å². The first kappa shape index (κ1) is 51.4. The van der Waals surface area contributed by atoms with Crippen molar-refractivity contribution in [3.8, 4) is 0 Å². The molecular weight excluding hydrogens is 1020 g/mol. The highest BCUT2D eigenvalue weighted by Crippen LogP contribution is 2.31. The van der Waals surface area contributed by atoms with Crippen LogP contribution in [0, 0.1) is 116 Å². The van der Waals surface area contributed by atoms with Crippen molar-refractivity contribution in [1.29, 1.82) is 0 Å². The van der Waals surface area contributed by atoms with Crippen molar-refractivity contribution in [1.82, 2.24) is 0 Å². The fourth-order valence-electron chi connectivity index (χ4n) is 8.84. The minimum atomic E-state index is -7.22. The standard InChI is InChI=1S/C27H22N.C24BF20/c1-2-8-21(9-3-1)20-28-26(17-16-24-11-6-7-13-27(24)28)19-22-14-15-23-10-4-5-12-25(23)18-22;26-5-1(6(27)14(35)21(42)13(5)34)25(2-7(28)15(36)22(43)16(37)8(2)29,3-9(30)17(38)23(44)18(39)10(3)31)4-11(32)19(40)24(45)20(41)12(4)33/h1-18H,19-20H2;/q+1;-1. The Kier molecular flexibility index (Phi) is 13.8. The molecular formula is C51H22BF20N. The Morgan fingerprint density at radius 1 is 0.274 bits per heavy atom. The number of para-hydroxylation sites is 1. The summed E-state index contributed by atoms with van der Waals surface area (Å²) in [5, 5.41) is 3.87. The van der Waals surface area contributed by atoms with Gasteiger partial charge in [-0.25, -0.2) is 87.8 Å². The molecule has 9 aromatic rings. The number of benzene rings is 8. The summed E-state index contributed by atoms with van der Waals surface area (Å²) in [4.78, 5) is 0. The van der Waals surface area contributed by atoms with Crippen molar-refractivity contribution < 1.29 is 92.4 Å². The highest BCUT2D eigenvalue weighted by molar-refractivity contribution is 7.20. The third-order valence-electron chi connectivity index (χ3n) is 12.1. The molecule has 0 atom stereocenters. The molecule has 9 rings (SSSR count). The van der Waals surface area contributed by atoms with Crippen LogP contribution in [0.5, 0.6) is 0 Å². The lowest BCUT2D eigenvalue weighted by atomic mass is 9.12. The molecule has 0 N–H and O–H groups in total. The van der Waals surface area contributed by atoms with Crippen molar-refractivity contribution >= 4 is 49.7 Å². The monoisotopic (exact) mass is 1040 g/mol. The molecule has 0 aliphatic carbocycles. The highest BCUT2D eigenvalue weighted by atomic mass is 19.2. The number of pyridine rings is 1. The van der Waals surface area contributed by atoms with E-state index < -0.39 is 144 Å². The first-order chi connectivity index (χ1) is 34.6. The van der Waals surface area contributed by atoms with Gasteiger partial charge in [0.2, 0.25) is 5.52 Å². The maximum Gasteiger partial charge on any atom is 0.212 e. The SMILES string of the molecule is Fc1c(F)c(F)c([B-](c2c(F)c(F)c(F)c(F)c2F)(c2c(F)c(F)c(F)c(F)c2F)c2c(F)c(F)c(F)c(F)c2F)c(F)c1F.c1ccc(C[n+]2c(Cc3ccc4ccccc4c3)ccc3ccccc32)cc1. The summed E-state index contributed by atoms with van der Waals surface area (Å²) < 4.78 is 296. The van der Waals surface area contributed by atoms with Crippen molar-refractivity contribution in [2.75, 3.05) is 0 Å². The van der Waals surface area contributed by atoms with Gasteiger partial charge in [-0.3, -0.25) is 0 Å². The summed E-state index contributed by atoms with van der Waals surface area (Å²) >= 11 is 0. The number of hydrogen-bond donors (Lipinski definition) is 0. The Morgan fingerprint density at radius 2 is 0.589 bits per heavy atom. The van der Waals surface area contributed by atoms with Crippen LogP contribution in [0.3, 0.4) is 0 Å². The van der Waals surface area contributed by atoms with Gasteiger partial charge < -0.3 is 0 Å². The largest absolute Gasteiger partial charge is 0.212 e. The quantitative estimate of drug-likeness (QED) is 0.0469. The molecule has 0 saturated carbocycles. The van der Waals surface area contributed by atoms with E-state index >= 15 is 35.1 Å². The topological polar surface area (TPSA) is 3.88 Å². The van der Waals surface area contributed by atoms with Gasteiger partial charge in [0.15, 0.2) is 82.0 Å². The molecule has 0 aliphatic heterocycles. The molecule has 73 heavy (non-hydrogen) atoms. The van der Waals surface area contributed by atoms with E-state index in [0.717, 1.165) is 13.0 Å². The van der Waals surface area contributed by atoms with Crippen LogP contribution >= 0.6 is 0 Å². The third-order valence-corrected chi connectivity index (χ3v) is 12.1. The zero-order valence-corrected chi connectivity index (χ0v) is 35.9. The van der Waals surface area contributed by atoms with Crippen LogP contribution in [0.4, 0.5) is 87.8 Å². The van der Waals surface area contributed by atoms with Gasteiger partial charge in [0.05, 0.1) is 6.42 Å². The van der Waals surface area contributed by atoms with Gasteiger partial charge in [0, 0.05) is 23.1 Å². The van der Waals surface area contributed by atoms with Gasteiger partial charge in [0.25, 0.3) is 0 Å². The summed E-state index contributed by atoms with van der Waals surface area (Å²) in [5.41, 5.74) is -9.05. The van der Waals surface area contributed by atoms with Crippen molar-refractivity contribution in [2.24, 2.45) is 0 Å². The minimum absolute atomic E-state index is 0.880. The van der Waals surface area contributed by atoms with Gasteiger partial charge in [-0.1, -0.05) is 84.9 Å². The zero-order chi connectivity index (χ0) is 53.1. The van der Waals surface area contributed by atoms with E-state index in [9.17, 15) is 52.7 Å². The Hall–Kier alpha value is -7.91. The first-order valence-electron chi connectivity index (χ1n) is 20.7. The lowest BCUT2D eigenvalue weighted by molar-refractivity contribution is -0.669. The highest BCUT2D eigenvalue weighted by Gasteiger charge is 2.52. The van der Waals surface area contributed by atoms with Gasteiger partial charge in [-0.15, -0.1) is 21.9 Å². The Labute approximate surface area is 396 Å². The molecule has 0 radical (unpaired) electrons. The molecule has 0 fully saturated rings. The number of rotatable bonds is 8. The lowest BCUT2D eigenvalue weighted by Gasteiger charge is -2.44. The van der Waals surface area contributed by atoms with Gasteiger partial charge in [-0.2, -0.15) is 4.57 Å². The maximum atomic E-state index is 15.4. The van der Waals surface area contributed by atoms with E-state index in [1.807, 2.05) is 0 Å². The van der Waals surface area contributed by atoms with Crippen molar-refractivity contribution in [3.63, 3.8) is 0 Å². The number of hydrogen-bond acceptors (Lipinski definition) is 0. The second kappa shape index (κ2) is 19.6. The molecule has 1 aromatic heterocycles. The molecule has 0 amide bonds. The van der Waals surface area contributed by atoms with Crippen LogP contribution in [-0.2, 0) is 13.0 Å². The lowest BCUT2D eigenvalue weighted by Crippen LogP contribution is -2.81. The smallest absolute Gasteiger partial charge is 0.207 e. The summed E-state index contributed by atoms with van der Waals surface area (Å²) in [7, 11) is 0. The van der Waals surface area contributed by atoms with Gasteiger partial charge >= 0.3 is 0 Å². The molecule has 0 spiro atoms. The molecule has 0 saturated heterocycles. The molecule has 8 aromatic carbocycles. The van der Waals surface area contributed by atoms with E-state index in [1.54, 1.807) is 0 Å². The minimum Gasteiger partial charge on any atom is -0.207 e. The van der Waals surface area contributed by atoms with E-state index in [1.165, 1.54) is 38.5 Å². The molecule has 0 aliphatic rings. The fraction of sp³-hybridized carbons (Fsp3) is 0.0392. The van der Waals surface area contributed by atoms with Crippen LogP contribution in [-0.4, -0.2) is 6.15 Å². The predicted molar refractivity (Wildman–Crippen MR) is 226 cm³/mol. The molecule has 22 heteroatoms. The van der Waals surface area contributed by atoms with Crippen LogP contribution in [0.1, 0.15) is 16.8 Å². The molecule has 1 heterocycles. The van der Waals surface area contributed by atoms with Crippen LogP contribution in [0.15, 0.2) is 109 Å². The molecule has 1 nitrogen and oxygen atoms in total. The molecule has 0 bridgehead atoms. The maximum absolute atomic E-state index is 15.4. The zero-order valence-electron chi connectivity index (χ0n) is 35.9. The Balaban J connectivity index is 0.000000216. The van der Waals surface area contributed by atoms with Crippen LogP contribution < -0.4 is 26.4 Å². The van der Waals surface area contributed by atoms with E-state index in [-0.39, 0.29) is 0 Å². The summed E-state index contributed by atoms with van der Waals surface area (Å²) in [6, 6.07) is 39.3. The summed E-state index contributed by atoms with van der Waals surface area (Å²) in [5.74, 6) is -71.4. The van der Waals surface area contributed by atoms with Crippen molar-refractivity contribution in [3.05, 3.63) is 242 Å². The van der Waals surface area contributed by atoms with E-state index in [4.69, 9.17) is 0 Å². The van der Waals surface area contributed by atoms with Crippen molar-refractivity contribution in [2.45, 2.75) is 13.0 Å². The number of aromatic nitrogens is 1. The second-order valence-corrected chi connectivity index (χ2v) is 16.1. The third kappa shape index (κ3) is 8.34. The average molecular weight is 1040 g/mol. The van der Waals surface area contributed by atoms with Gasteiger partial charge in [-0.05, 0) is 28.5 Å². The first-order valence-corrected chi connectivity index (χ1v) is 20.7. The molecule has 0 unspecified atom stereocenters. The normalized spacial score (nSPS) is 11.7. The Morgan fingerprint density at radius 3 is 0.986 bits per heavy atom. The van der Waals surface area contributed by atoms with Crippen LogP contribution in [0.2, 0.25) is 0 Å².